The Hall–Kier alpha value is -3.56. The van der Waals surface area contributed by atoms with E-state index >= 15 is 0 Å². The first-order valence-electron chi connectivity index (χ1n) is 20.4. The Morgan fingerprint density at radius 1 is 0.800 bits per heavy atom. The highest BCUT2D eigenvalue weighted by molar-refractivity contribution is 8.15. The number of rotatable bonds is 9. The van der Waals surface area contributed by atoms with Gasteiger partial charge in [-0.15, -0.1) is 21.5 Å². The van der Waals surface area contributed by atoms with Crippen molar-refractivity contribution < 1.29 is 30.9 Å². The molecule has 2 unspecified atom stereocenters. The molecular formula is C39H46F6N11S4+. The first kappa shape index (κ1) is 41.8. The molecule has 0 aromatic carbocycles. The third-order valence-electron chi connectivity index (χ3n) is 11.9. The maximum absolute atomic E-state index is 13.7. The summed E-state index contributed by atoms with van der Waals surface area (Å²) in [6.07, 6.45) is 0.963. The molecule has 21 heteroatoms. The van der Waals surface area contributed by atoms with Crippen LogP contribution in [0.25, 0.3) is 20.4 Å². The van der Waals surface area contributed by atoms with Gasteiger partial charge in [-0.1, -0.05) is 66.5 Å². The first-order chi connectivity index (χ1) is 28.7. The van der Waals surface area contributed by atoms with Crippen LogP contribution in [0.15, 0.2) is 29.8 Å². The standard InChI is InChI=1S/C39H46F6N11S4/c1-24(39(43,44)45)29-18-27-31(47-22-48-33(27)58-29)52-8-12-54(13-9-52)35-46-20-37(2,60-35)21-56-23-49-32(28-17-26(57-34(28)56)19-38(40,41)42)53-10-14-55(15-11-53)36-51-50-30(59-36)16-25-6-4-3-5-7-25/h17-18,22-25H,3-16,19-21H2,1-2H3/q+1. The van der Waals surface area contributed by atoms with E-state index in [2.05, 4.69) is 46.7 Å². The van der Waals surface area contributed by atoms with Gasteiger partial charge in [0.15, 0.2) is 10.00 Å². The molecule has 0 N–H and O–H groups in total. The van der Waals surface area contributed by atoms with Crippen molar-refractivity contribution in [3.63, 3.8) is 0 Å². The molecule has 11 nitrogen and oxygen atoms in total. The molecule has 0 radical (unpaired) electrons. The normalized spacial score (nSPS) is 21.8. The predicted octanol–water partition coefficient (Wildman–Crippen LogP) is 8.34. The van der Waals surface area contributed by atoms with Gasteiger partial charge in [-0.2, -0.15) is 26.3 Å². The summed E-state index contributed by atoms with van der Waals surface area (Å²) < 4.78 is 83.3. The minimum Gasteiger partial charge on any atom is -0.352 e. The van der Waals surface area contributed by atoms with Crippen molar-refractivity contribution in [2.24, 2.45) is 10.9 Å². The minimum absolute atomic E-state index is 0.217. The van der Waals surface area contributed by atoms with Crippen LogP contribution in [0, 0.1) is 5.92 Å². The van der Waals surface area contributed by atoms with Crippen molar-refractivity contribution in [3.8, 4) is 0 Å². The molecular weight excluding hydrogens is 865 g/mol. The van der Waals surface area contributed by atoms with E-state index in [0.29, 0.717) is 80.1 Å². The second-order valence-electron chi connectivity index (χ2n) is 16.5. The van der Waals surface area contributed by atoms with Crippen LogP contribution in [-0.4, -0.2) is 111 Å². The second-order valence-corrected chi connectivity index (χ2v) is 21.3. The lowest BCUT2D eigenvalue weighted by atomic mass is 9.87. The van der Waals surface area contributed by atoms with Gasteiger partial charge in [-0.05, 0) is 36.9 Å². The topological polar surface area (TPSA) is 93.7 Å². The summed E-state index contributed by atoms with van der Waals surface area (Å²) in [6.45, 7) is 9.62. The van der Waals surface area contributed by atoms with Gasteiger partial charge in [0.25, 0.3) is 12.1 Å². The highest BCUT2D eigenvalue weighted by Crippen LogP contribution is 2.42. The predicted molar refractivity (Wildman–Crippen MR) is 228 cm³/mol. The molecule has 0 amide bonds. The number of anilines is 3. The molecule has 4 aliphatic rings. The molecule has 322 valence electrons. The third kappa shape index (κ3) is 9.00. The quantitative estimate of drug-likeness (QED) is 0.106. The number of piperazine rings is 2. The van der Waals surface area contributed by atoms with Gasteiger partial charge in [0.1, 0.15) is 33.9 Å². The number of fused-ring (bicyclic) bond motifs is 2. The highest BCUT2D eigenvalue weighted by Gasteiger charge is 2.41. The summed E-state index contributed by atoms with van der Waals surface area (Å²) in [5.74, 6) is 0.447. The van der Waals surface area contributed by atoms with Crippen molar-refractivity contribution in [2.45, 2.75) is 88.4 Å². The molecule has 5 aromatic rings. The molecule has 3 fully saturated rings. The Labute approximate surface area is 359 Å². The Balaban J connectivity index is 0.855. The Morgan fingerprint density at radius 2 is 1.48 bits per heavy atom. The molecule has 9 rings (SSSR count). The third-order valence-corrected chi connectivity index (χ3v) is 16.7. The van der Waals surface area contributed by atoms with Crippen LogP contribution in [0.3, 0.4) is 0 Å². The monoisotopic (exact) mass is 910 g/mol. The average molecular weight is 911 g/mol. The van der Waals surface area contributed by atoms with Gasteiger partial charge < -0.3 is 19.6 Å². The molecule has 8 heterocycles. The Kier molecular flexibility index (Phi) is 11.6. The van der Waals surface area contributed by atoms with Crippen molar-refractivity contribution in [1.82, 2.24) is 30.0 Å². The van der Waals surface area contributed by atoms with Crippen LogP contribution in [0.4, 0.5) is 43.1 Å². The first-order valence-corrected chi connectivity index (χ1v) is 23.7. The number of thioether (sulfide) groups is 1. The van der Waals surface area contributed by atoms with Crippen molar-refractivity contribution in [1.29, 1.82) is 0 Å². The van der Waals surface area contributed by atoms with Crippen LogP contribution in [0.1, 0.15) is 66.6 Å². The zero-order chi connectivity index (χ0) is 41.8. The molecule has 0 bridgehead atoms. The van der Waals surface area contributed by atoms with E-state index in [4.69, 9.17) is 9.98 Å². The number of hydrogen-bond acceptors (Lipinski definition) is 14. The highest BCUT2D eigenvalue weighted by atomic mass is 32.2. The van der Waals surface area contributed by atoms with Crippen LogP contribution < -0.4 is 19.3 Å². The molecule has 2 atom stereocenters. The summed E-state index contributed by atoms with van der Waals surface area (Å²) >= 11 is 5.58. The Morgan fingerprint density at radius 3 is 2.18 bits per heavy atom. The number of alkyl halides is 6. The van der Waals surface area contributed by atoms with E-state index in [1.54, 1.807) is 41.6 Å². The summed E-state index contributed by atoms with van der Waals surface area (Å²) in [5.41, 5.74) is 0. The second kappa shape index (κ2) is 16.6. The van der Waals surface area contributed by atoms with E-state index in [1.807, 2.05) is 4.57 Å². The van der Waals surface area contributed by atoms with E-state index in [-0.39, 0.29) is 14.5 Å². The average Bonchev–Trinajstić information content (AvgIpc) is 4.04. The summed E-state index contributed by atoms with van der Waals surface area (Å²) in [5, 5.41) is 13.3. The zero-order valence-electron chi connectivity index (χ0n) is 33.3. The Bertz CT molecular complexity index is 2340. The van der Waals surface area contributed by atoms with Crippen LogP contribution in [0.5, 0.6) is 0 Å². The largest absolute Gasteiger partial charge is 0.396 e. The fraction of sp³-hybridized carbons (Fsp3) is 0.615. The smallest absolute Gasteiger partial charge is 0.352 e. The molecule has 5 aromatic heterocycles. The van der Waals surface area contributed by atoms with Gasteiger partial charge in [-0.3, -0.25) is 4.99 Å². The van der Waals surface area contributed by atoms with Crippen molar-refractivity contribution in [3.05, 3.63) is 39.5 Å². The SMILES string of the molecule is CC(c1cc2c(N3CCN(C4=NCC(C)(C[n+]5cnc(N6CCN(c7nnc(CC8CCCCC8)s7)CC6)c6cc(CC(F)(F)F)sc65)S4)CC3)ncnc2s1)C(F)(F)F. The molecule has 2 saturated heterocycles. The van der Waals surface area contributed by atoms with E-state index in [1.165, 1.54) is 56.7 Å². The number of thiophene rings is 2. The molecule has 1 saturated carbocycles. The maximum Gasteiger partial charge on any atom is 0.396 e. The van der Waals surface area contributed by atoms with Gasteiger partial charge in [0.05, 0.1) is 29.0 Å². The van der Waals surface area contributed by atoms with Crippen LogP contribution >= 0.6 is 45.8 Å². The lowest BCUT2D eigenvalue weighted by Gasteiger charge is -2.36. The summed E-state index contributed by atoms with van der Waals surface area (Å²) in [6, 6.07) is 3.25. The molecule has 3 aliphatic heterocycles. The molecule has 1 aliphatic carbocycles. The lowest BCUT2D eigenvalue weighted by Crippen LogP contribution is -2.49. The van der Waals surface area contributed by atoms with Gasteiger partial charge in [0, 0.05) is 68.5 Å². The number of nitrogens with zero attached hydrogens (tertiary/aromatic N) is 11. The van der Waals surface area contributed by atoms with Crippen molar-refractivity contribution in [2.75, 3.05) is 73.6 Å². The fourth-order valence-electron chi connectivity index (χ4n) is 8.63. The van der Waals surface area contributed by atoms with E-state index < -0.39 is 24.7 Å². The van der Waals surface area contributed by atoms with Gasteiger partial charge in [0.2, 0.25) is 5.13 Å². The van der Waals surface area contributed by atoms with Crippen LogP contribution in [0.2, 0.25) is 0 Å². The van der Waals surface area contributed by atoms with Crippen molar-refractivity contribution >= 4 is 88.1 Å². The zero-order valence-corrected chi connectivity index (χ0v) is 36.6. The molecule has 60 heavy (non-hydrogen) atoms. The summed E-state index contributed by atoms with van der Waals surface area (Å²) in [7, 11) is 0. The van der Waals surface area contributed by atoms with E-state index in [0.717, 1.165) is 56.4 Å². The number of hydrogen-bond donors (Lipinski definition) is 0. The van der Waals surface area contributed by atoms with Crippen LogP contribution in [-0.2, 0) is 19.4 Å². The fourth-order valence-corrected chi connectivity index (χ4v) is 13.1. The van der Waals surface area contributed by atoms with Gasteiger partial charge in [-0.25, -0.2) is 14.5 Å². The minimum atomic E-state index is -4.34. The summed E-state index contributed by atoms with van der Waals surface area (Å²) in [4.78, 5) is 29.1. The number of aromatic nitrogens is 6. The lowest BCUT2D eigenvalue weighted by molar-refractivity contribution is -0.675. The number of amidine groups is 1. The maximum atomic E-state index is 13.7. The molecule has 0 spiro atoms. The van der Waals surface area contributed by atoms with E-state index in [9.17, 15) is 26.3 Å². The van der Waals surface area contributed by atoms with Gasteiger partial charge >= 0.3 is 12.4 Å². The number of halogens is 6. The number of aliphatic imine (C=N–C) groups is 1.